The van der Waals surface area contributed by atoms with Crippen molar-refractivity contribution in [2.24, 2.45) is 11.3 Å². The van der Waals surface area contributed by atoms with Crippen LogP contribution >= 0.6 is 15.9 Å². The van der Waals surface area contributed by atoms with Crippen molar-refractivity contribution in [1.29, 1.82) is 0 Å². The maximum Gasteiger partial charge on any atom is 0.228 e. The summed E-state index contributed by atoms with van der Waals surface area (Å²) in [5, 5.41) is 2.73. The molecule has 1 aliphatic rings. The summed E-state index contributed by atoms with van der Waals surface area (Å²) in [7, 11) is 0. The molecule has 1 aliphatic carbocycles. The van der Waals surface area contributed by atoms with Gasteiger partial charge in [0.05, 0.1) is 4.47 Å². The van der Waals surface area contributed by atoms with Crippen molar-refractivity contribution in [2.45, 2.75) is 20.3 Å². The predicted molar refractivity (Wildman–Crippen MR) is 64.6 cm³/mol. The van der Waals surface area contributed by atoms with Crippen molar-refractivity contribution in [3.8, 4) is 0 Å². The van der Waals surface area contributed by atoms with E-state index in [2.05, 4.69) is 35.1 Å². The molecular formula is C12H13BrFNO. The minimum absolute atomic E-state index is 0.0216. The Morgan fingerprint density at radius 1 is 1.56 bits per heavy atom. The van der Waals surface area contributed by atoms with Crippen LogP contribution in [0.25, 0.3) is 0 Å². The van der Waals surface area contributed by atoms with Gasteiger partial charge in [0.1, 0.15) is 5.82 Å². The van der Waals surface area contributed by atoms with Gasteiger partial charge < -0.3 is 5.32 Å². The predicted octanol–water partition coefficient (Wildman–Crippen LogP) is 3.57. The zero-order valence-corrected chi connectivity index (χ0v) is 10.8. The van der Waals surface area contributed by atoms with Gasteiger partial charge in [0.15, 0.2) is 0 Å². The average molecular weight is 286 g/mol. The molecule has 0 aromatic heterocycles. The molecule has 86 valence electrons. The van der Waals surface area contributed by atoms with E-state index < -0.39 is 0 Å². The van der Waals surface area contributed by atoms with Crippen LogP contribution in [-0.4, -0.2) is 5.91 Å². The van der Waals surface area contributed by atoms with E-state index in [1.54, 1.807) is 12.1 Å². The molecule has 16 heavy (non-hydrogen) atoms. The second kappa shape index (κ2) is 3.84. The normalized spacial score (nSPS) is 21.6. The molecule has 1 aromatic carbocycles. The Hall–Kier alpha value is -0.900. The van der Waals surface area contributed by atoms with Gasteiger partial charge in [0.2, 0.25) is 5.91 Å². The topological polar surface area (TPSA) is 29.1 Å². The second-order valence-corrected chi connectivity index (χ2v) is 5.72. The third kappa shape index (κ3) is 2.26. The summed E-state index contributed by atoms with van der Waals surface area (Å²) in [5.41, 5.74) is 0.603. The fourth-order valence-corrected chi connectivity index (χ4v) is 1.96. The first-order valence-electron chi connectivity index (χ1n) is 5.16. The minimum atomic E-state index is -0.368. The summed E-state index contributed by atoms with van der Waals surface area (Å²) in [6, 6.07) is 4.58. The summed E-state index contributed by atoms with van der Waals surface area (Å²) in [6.45, 7) is 4.11. The van der Waals surface area contributed by atoms with E-state index in [0.29, 0.717) is 10.2 Å². The zero-order chi connectivity index (χ0) is 11.9. The first kappa shape index (κ1) is 11.6. The highest BCUT2D eigenvalue weighted by atomic mass is 79.9. The monoisotopic (exact) mass is 285 g/mol. The SMILES string of the molecule is CC1(C)CC1C(=O)Nc1ccc(Br)c(F)c1. The van der Waals surface area contributed by atoms with Crippen LogP contribution in [0.4, 0.5) is 10.1 Å². The molecule has 1 atom stereocenters. The van der Waals surface area contributed by atoms with E-state index in [0.717, 1.165) is 6.42 Å². The lowest BCUT2D eigenvalue weighted by atomic mass is 10.1. The summed E-state index contributed by atoms with van der Waals surface area (Å²) in [6.07, 6.45) is 0.901. The van der Waals surface area contributed by atoms with Crippen LogP contribution in [0, 0.1) is 17.2 Å². The van der Waals surface area contributed by atoms with Gasteiger partial charge >= 0.3 is 0 Å². The summed E-state index contributed by atoms with van der Waals surface area (Å²) in [4.78, 5) is 11.7. The lowest BCUT2D eigenvalue weighted by Gasteiger charge is -2.07. The van der Waals surface area contributed by atoms with E-state index in [1.165, 1.54) is 6.07 Å². The second-order valence-electron chi connectivity index (χ2n) is 4.86. The highest BCUT2D eigenvalue weighted by molar-refractivity contribution is 9.10. The van der Waals surface area contributed by atoms with Crippen molar-refractivity contribution in [3.63, 3.8) is 0 Å². The number of nitrogens with one attached hydrogen (secondary N) is 1. The van der Waals surface area contributed by atoms with Crippen LogP contribution < -0.4 is 5.32 Å². The zero-order valence-electron chi connectivity index (χ0n) is 9.18. The van der Waals surface area contributed by atoms with Gasteiger partial charge in [0.25, 0.3) is 0 Å². The van der Waals surface area contributed by atoms with E-state index in [-0.39, 0.29) is 23.1 Å². The third-order valence-electron chi connectivity index (χ3n) is 3.02. The molecule has 0 spiro atoms. The molecule has 1 amide bonds. The molecule has 2 rings (SSSR count). The van der Waals surface area contributed by atoms with Crippen molar-refractivity contribution < 1.29 is 9.18 Å². The third-order valence-corrected chi connectivity index (χ3v) is 3.66. The highest BCUT2D eigenvalue weighted by Crippen LogP contribution is 2.51. The molecule has 0 heterocycles. The molecule has 0 aliphatic heterocycles. The fraction of sp³-hybridized carbons (Fsp3) is 0.417. The summed E-state index contributed by atoms with van der Waals surface area (Å²) >= 11 is 3.07. The van der Waals surface area contributed by atoms with Crippen LogP contribution in [0.15, 0.2) is 22.7 Å². The van der Waals surface area contributed by atoms with Gasteiger partial charge in [-0.3, -0.25) is 4.79 Å². The maximum absolute atomic E-state index is 13.2. The Kier molecular flexibility index (Phi) is 2.78. The Bertz CT molecular complexity index is 445. The van der Waals surface area contributed by atoms with Gasteiger partial charge in [-0.25, -0.2) is 4.39 Å². The van der Waals surface area contributed by atoms with Gasteiger partial charge in [-0.1, -0.05) is 13.8 Å². The molecule has 0 bridgehead atoms. The van der Waals surface area contributed by atoms with Gasteiger partial charge in [-0.2, -0.15) is 0 Å². The Balaban J connectivity index is 2.05. The molecule has 1 aromatic rings. The molecule has 1 fully saturated rings. The average Bonchev–Trinajstić information content (AvgIpc) is 2.82. The minimum Gasteiger partial charge on any atom is -0.326 e. The molecule has 0 saturated heterocycles. The van der Waals surface area contributed by atoms with Crippen LogP contribution in [0.2, 0.25) is 0 Å². The largest absolute Gasteiger partial charge is 0.326 e. The number of amides is 1. The van der Waals surface area contributed by atoms with Gasteiger partial charge in [-0.05, 0) is 46.0 Å². The highest BCUT2D eigenvalue weighted by Gasteiger charge is 2.50. The lowest BCUT2D eigenvalue weighted by molar-refractivity contribution is -0.117. The molecule has 2 nitrogen and oxygen atoms in total. The van der Waals surface area contributed by atoms with Crippen LogP contribution in [0.1, 0.15) is 20.3 Å². The first-order valence-corrected chi connectivity index (χ1v) is 5.95. The first-order chi connectivity index (χ1) is 7.40. The molecule has 1 N–H and O–H groups in total. The number of carbonyl (C=O) groups is 1. The molecular weight excluding hydrogens is 273 g/mol. The quantitative estimate of drug-likeness (QED) is 0.884. The molecule has 4 heteroatoms. The van der Waals surface area contributed by atoms with Crippen LogP contribution in [-0.2, 0) is 4.79 Å². The molecule has 0 radical (unpaired) electrons. The van der Waals surface area contributed by atoms with Crippen molar-refractivity contribution in [2.75, 3.05) is 5.32 Å². The maximum atomic E-state index is 13.2. The number of benzene rings is 1. The van der Waals surface area contributed by atoms with E-state index in [9.17, 15) is 9.18 Å². The lowest BCUT2D eigenvalue weighted by Crippen LogP contribution is -2.16. The van der Waals surface area contributed by atoms with Crippen molar-refractivity contribution >= 4 is 27.5 Å². The number of rotatable bonds is 2. The fourth-order valence-electron chi connectivity index (χ4n) is 1.72. The number of carbonyl (C=O) groups excluding carboxylic acids is 1. The Morgan fingerprint density at radius 3 is 2.69 bits per heavy atom. The van der Waals surface area contributed by atoms with E-state index >= 15 is 0 Å². The number of hydrogen-bond acceptors (Lipinski definition) is 1. The van der Waals surface area contributed by atoms with E-state index in [4.69, 9.17) is 0 Å². The number of halogens is 2. The molecule has 1 saturated carbocycles. The summed E-state index contributed by atoms with van der Waals surface area (Å²) in [5.74, 6) is -0.334. The smallest absolute Gasteiger partial charge is 0.228 e. The van der Waals surface area contributed by atoms with Crippen molar-refractivity contribution in [3.05, 3.63) is 28.5 Å². The number of hydrogen-bond donors (Lipinski definition) is 1. The summed E-state index contributed by atoms with van der Waals surface area (Å²) < 4.78 is 13.6. The van der Waals surface area contributed by atoms with Gasteiger partial charge in [0, 0.05) is 11.6 Å². The van der Waals surface area contributed by atoms with Gasteiger partial charge in [-0.15, -0.1) is 0 Å². The van der Waals surface area contributed by atoms with E-state index in [1.807, 2.05) is 0 Å². The Labute approximate surface area is 102 Å². The van der Waals surface area contributed by atoms with Crippen LogP contribution in [0.3, 0.4) is 0 Å². The number of anilines is 1. The molecule has 1 unspecified atom stereocenters. The van der Waals surface area contributed by atoms with Crippen LogP contribution in [0.5, 0.6) is 0 Å². The van der Waals surface area contributed by atoms with Crippen molar-refractivity contribution in [1.82, 2.24) is 0 Å². The standard InChI is InChI=1S/C12H13BrFNO/c1-12(2)6-8(12)11(16)15-7-3-4-9(13)10(14)5-7/h3-5,8H,6H2,1-2H3,(H,15,16). The Morgan fingerprint density at radius 2 is 2.19 bits per heavy atom.